The van der Waals surface area contributed by atoms with Gasteiger partial charge in [0.05, 0.1) is 7.11 Å². The molecule has 0 aromatic carbocycles. The van der Waals surface area contributed by atoms with Gasteiger partial charge in [0, 0.05) is 5.57 Å². The van der Waals surface area contributed by atoms with Gasteiger partial charge in [-0.15, -0.1) is 0 Å². The molecule has 0 aromatic rings. The number of allylic oxidation sites excluding steroid dienone is 5. The van der Waals surface area contributed by atoms with Gasteiger partial charge in [0.2, 0.25) is 0 Å². The van der Waals surface area contributed by atoms with E-state index in [1.165, 1.54) is 7.11 Å². The van der Waals surface area contributed by atoms with Crippen LogP contribution in [0.5, 0.6) is 0 Å². The molecule has 0 amide bonds. The molecule has 0 fully saturated rings. The van der Waals surface area contributed by atoms with Crippen molar-refractivity contribution in [1.82, 2.24) is 0 Å². The normalized spacial score (nSPS) is 27.3. The summed E-state index contributed by atoms with van der Waals surface area (Å²) in [5.74, 6) is -0.244. The van der Waals surface area contributed by atoms with E-state index in [1.807, 2.05) is 32.1 Å². The molecule has 3 heteroatoms. The Morgan fingerprint density at radius 3 is 2.63 bits per heavy atom. The molecule has 0 saturated carbocycles. The first-order valence-corrected chi connectivity index (χ1v) is 6.53. The zero-order valence-corrected chi connectivity index (χ0v) is 12.2. The minimum absolute atomic E-state index is 0.0367. The molecule has 1 rings (SSSR count). The minimum atomic E-state index is -0.281. The topological polar surface area (TPSA) is 43.4 Å². The summed E-state index contributed by atoms with van der Waals surface area (Å²) in [5, 5.41) is 0. The number of esters is 1. The summed E-state index contributed by atoms with van der Waals surface area (Å²) in [6.45, 7) is 5.89. The minimum Gasteiger partial charge on any atom is -0.466 e. The summed E-state index contributed by atoms with van der Waals surface area (Å²) in [4.78, 5) is 23.5. The number of hydrogen-bond acceptors (Lipinski definition) is 3. The van der Waals surface area contributed by atoms with Crippen LogP contribution in [0.2, 0.25) is 0 Å². The van der Waals surface area contributed by atoms with Crippen LogP contribution in [0.4, 0.5) is 0 Å². The van der Waals surface area contributed by atoms with Crippen LogP contribution in [0.1, 0.15) is 40.0 Å². The summed E-state index contributed by atoms with van der Waals surface area (Å²) in [6.07, 6.45) is 9.32. The highest BCUT2D eigenvalue weighted by Gasteiger charge is 2.17. The van der Waals surface area contributed by atoms with Crippen molar-refractivity contribution in [3.63, 3.8) is 0 Å². The molecule has 0 aliphatic heterocycles. The van der Waals surface area contributed by atoms with E-state index in [9.17, 15) is 9.59 Å². The van der Waals surface area contributed by atoms with Crippen LogP contribution in [-0.4, -0.2) is 18.9 Å². The van der Waals surface area contributed by atoms with Gasteiger partial charge in [-0.2, -0.15) is 0 Å². The lowest BCUT2D eigenvalue weighted by Crippen LogP contribution is -2.09. The van der Waals surface area contributed by atoms with E-state index in [-0.39, 0.29) is 17.2 Å². The monoisotopic (exact) mass is 262 g/mol. The molecule has 1 aliphatic rings. The van der Waals surface area contributed by atoms with Crippen LogP contribution in [0.25, 0.3) is 0 Å². The zero-order chi connectivity index (χ0) is 14.5. The number of carbonyl (C=O) groups is 2. The Hall–Kier alpha value is -1.64. The first kappa shape index (κ1) is 15.4. The van der Waals surface area contributed by atoms with Gasteiger partial charge in [-0.05, 0) is 43.3 Å². The molecular formula is C16H22O3. The third-order valence-electron chi connectivity index (χ3n) is 3.26. The molecule has 104 valence electrons. The fraction of sp³-hybridized carbons (Fsp3) is 0.500. The first-order chi connectivity index (χ1) is 8.85. The molecule has 0 atom stereocenters. The summed E-state index contributed by atoms with van der Waals surface area (Å²) in [5.41, 5.74) is 1.25. The number of carbonyl (C=O) groups excluding carboxylic acids is 2. The highest BCUT2D eigenvalue weighted by molar-refractivity contribution is 6.03. The van der Waals surface area contributed by atoms with E-state index in [4.69, 9.17) is 4.74 Å². The molecular weight excluding hydrogens is 240 g/mol. The average molecular weight is 262 g/mol. The number of ketones is 1. The van der Waals surface area contributed by atoms with Crippen molar-refractivity contribution in [3.8, 4) is 0 Å². The second kappa shape index (κ2) is 6.50. The summed E-state index contributed by atoms with van der Waals surface area (Å²) >= 11 is 0. The molecule has 0 unspecified atom stereocenters. The van der Waals surface area contributed by atoms with Crippen molar-refractivity contribution in [2.75, 3.05) is 7.11 Å². The van der Waals surface area contributed by atoms with E-state index < -0.39 is 0 Å². The van der Waals surface area contributed by atoms with E-state index in [2.05, 4.69) is 0 Å². The van der Waals surface area contributed by atoms with Crippen molar-refractivity contribution >= 4 is 11.8 Å². The lowest BCUT2D eigenvalue weighted by molar-refractivity contribution is -0.136. The average Bonchev–Trinajstić information content (AvgIpc) is 2.39. The Bertz CT molecular complexity index is 451. The predicted octanol–water partition coefficient (Wildman–Crippen LogP) is 3.37. The molecule has 1 aliphatic carbocycles. The number of rotatable bonds is 1. The lowest BCUT2D eigenvalue weighted by Gasteiger charge is -2.18. The van der Waals surface area contributed by atoms with E-state index in [1.54, 1.807) is 13.0 Å². The zero-order valence-electron chi connectivity index (χ0n) is 12.2. The van der Waals surface area contributed by atoms with Crippen molar-refractivity contribution in [2.45, 2.75) is 40.0 Å². The number of hydrogen-bond donors (Lipinski definition) is 0. The Kier molecular flexibility index (Phi) is 5.28. The van der Waals surface area contributed by atoms with Crippen LogP contribution < -0.4 is 0 Å². The second-order valence-electron chi connectivity index (χ2n) is 5.54. The third kappa shape index (κ3) is 4.86. The predicted molar refractivity (Wildman–Crippen MR) is 75.6 cm³/mol. The van der Waals surface area contributed by atoms with Crippen molar-refractivity contribution in [1.29, 1.82) is 0 Å². The van der Waals surface area contributed by atoms with Crippen LogP contribution in [0.15, 0.2) is 35.5 Å². The van der Waals surface area contributed by atoms with Gasteiger partial charge in [0.1, 0.15) is 0 Å². The van der Waals surface area contributed by atoms with E-state index in [0.29, 0.717) is 24.8 Å². The summed E-state index contributed by atoms with van der Waals surface area (Å²) in [6, 6.07) is 0. The molecule has 3 nitrogen and oxygen atoms in total. The van der Waals surface area contributed by atoms with Crippen molar-refractivity contribution < 1.29 is 14.3 Å². The molecule has 0 aromatic heterocycles. The van der Waals surface area contributed by atoms with Gasteiger partial charge in [-0.25, -0.2) is 4.79 Å². The SMILES string of the molecule is COC(=O)/C1=C/CC(C)(C)/C=C\C(=O)/C(C)=C/CC1. The first-order valence-electron chi connectivity index (χ1n) is 6.53. The summed E-state index contributed by atoms with van der Waals surface area (Å²) in [7, 11) is 1.39. The van der Waals surface area contributed by atoms with Crippen LogP contribution >= 0.6 is 0 Å². The van der Waals surface area contributed by atoms with Crippen molar-refractivity contribution in [3.05, 3.63) is 35.5 Å². The molecule has 19 heavy (non-hydrogen) atoms. The van der Waals surface area contributed by atoms with Crippen LogP contribution in [0, 0.1) is 5.41 Å². The molecule has 0 bridgehead atoms. The fourth-order valence-corrected chi connectivity index (χ4v) is 1.85. The lowest BCUT2D eigenvalue weighted by atomic mass is 9.87. The molecule has 0 radical (unpaired) electrons. The van der Waals surface area contributed by atoms with Crippen LogP contribution in [-0.2, 0) is 14.3 Å². The molecule has 0 N–H and O–H groups in total. The van der Waals surface area contributed by atoms with Crippen LogP contribution in [0.3, 0.4) is 0 Å². The largest absolute Gasteiger partial charge is 0.466 e. The fourth-order valence-electron chi connectivity index (χ4n) is 1.85. The smallest absolute Gasteiger partial charge is 0.333 e. The Morgan fingerprint density at radius 1 is 1.32 bits per heavy atom. The molecule has 0 spiro atoms. The maximum atomic E-state index is 11.8. The third-order valence-corrected chi connectivity index (χ3v) is 3.26. The highest BCUT2D eigenvalue weighted by atomic mass is 16.5. The highest BCUT2D eigenvalue weighted by Crippen LogP contribution is 2.25. The number of methoxy groups -OCH3 is 1. The summed E-state index contributed by atoms with van der Waals surface area (Å²) < 4.78 is 4.79. The molecule has 0 saturated heterocycles. The van der Waals surface area contributed by atoms with E-state index in [0.717, 1.165) is 5.57 Å². The Labute approximate surface area is 115 Å². The van der Waals surface area contributed by atoms with Gasteiger partial charge < -0.3 is 4.74 Å². The quantitative estimate of drug-likeness (QED) is 0.680. The standard InChI is InChI=1S/C16H22O3/c1-12-6-5-7-13(15(18)19-4)8-10-16(2,3)11-9-14(12)17/h6,8-9,11H,5,7,10H2,1-4H3/b11-9-,12-6+,13-8+. The van der Waals surface area contributed by atoms with Gasteiger partial charge in [0.25, 0.3) is 0 Å². The van der Waals surface area contributed by atoms with Crippen molar-refractivity contribution in [2.24, 2.45) is 5.41 Å². The van der Waals surface area contributed by atoms with Gasteiger partial charge in [0.15, 0.2) is 5.78 Å². The Balaban J connectivity index is 3.05. The van der Waals surface area contributed by atoms with Gasteiger partial charge in [-0.1, -0.05) is 32.1 Å². The maximum Gasteiger partial charge on any atom is 0.333 e. The molecule has 0 heterocycles. The Morgan fingerprint density at radius 2 is 2.00 bits per heavy atom. The number of ether oxygens (including phenoxy) is 1. The van der Waals surface area contributed by atoms with Gasteiger partial charge in [-0.3, -0.25) is 4.79 Å². The van der Waals surface area contributed by atoms with E-state index >= 15 is 0 Å². The van der Waals surface area contributed by atoms with Gasteiger partial charge >= 0.3 is 5.97 Å². The second-order valence-corrected chi connectivity index (χ2v) is 5.54. The maximum absolute atomic E-state index is 11.8.